The second-order valence-electron chi connectivity index (χ2n) is 4.55. The highest BCUT2D eigenvalue weighted by Gasteiger charge is 2.31. The second-order valence-corrected chi connectivity index (χ2v) is 6.62. The van der Waals surface area contributed by atoms with Gasteiger partial charge in [-0.05, 0) is 17.9 Å². The smallest absolute Gasteiger partial charge is 0.262 e. The minimum atomic E-state index is -0.125. The van der Waals surface area contributed by atoms with E-state index in [9.17, 15) is 9.59 Å². The zero-order valence-corrected chi connectivity index (χ0v) is 12.3. The zero-order valence-electron chi connectivity index (χ0n) is 10.6. The molecule has 0 spiro atoms. The number of hydrogen-bond donors (Lipinski definition) is 0. The van der Waals surface area contributed by atoms with E-state index in [0.29, 0.717) is 10.5 Å². The maximum absolute atomic E-state index is 12.2. The number of thioether (sulfide) groups is 1. The standard InChI is InChI=1S/C12H13N3O2S2/c1-14-5-3-8(11(14)17)19-12-13-9-7(4-6-18-9)10(16)15(12)2/h4,6,8H,3,5H2,1-2H3. The van der Waals surface area contributed by atoms with E-state index in [1.807, 2.05) is 5.38 Å². The predicted molar refractivity (Wildman–Crippen MR) is 76.8 cm³/mol. The van der Waals surface area contributed by atoms with Crippen molar-refractivity contribution in [3.05, 3.63) is 21.8 Å². The second kappa shape index (κ2) is 4.64. The van der Waals surface area contributed by atoms with Crippen molar-refractivity contribution in [1.82, 2.24) is 14.5 Å². The topological polar surface area (TPSA) is 55.2 Å². The molecule has 0 aliphatic carbocycles. The Morgan fingerprint density at radius 1 is 1.42 bits per heavy atom. The molecule has 1 aliphatic rings. The van der Waals surface area contributed by atoms with Crippen molar-refractivity contribution in [2.75, 3.05) is 13.6 Å². The summed E-state index contributed by atoms with van der Waals surface area (Å²) in [6.45, 7) is 0.770. The molecule has 1 amide bonds. The summed E-state index contributed by atoms with van der Waals surface area (Å²) in [7, 11) is 3.51. The Morgan fingerprint density at radius 3 is 2.89 bits per heavy atom. The van der Waals surface area contributed by atoms with Gasteiger partial charge in [0.1, 0.15) is 4.83 Å². The van der Waals surface area contributed by atoms with Gasteiger partial charge in [0.2, 0.25) is 5.91 Å². The summed E-state index contributed by atoms with van der Waals surface area (Å²) in [5.41, 5.74) is -0.0486. The Bertz CT molecular complexity index is 707. The van der Waals surface area contributed by atoms with E-state index in [1.54, 1.807) is 25.1 Å². The van der Waals surface area contributed by atoms with Gasteiger partial charge in [-0.1, -0.05) is 11.8 Å². The molecule has 1 saturated heterocycles. The van der Waals surface area contributed by atoms with Crippen molar-refractivity contribution >= 4 is 39.2 Å². The van der Waals surface area contributed by atoms with Gasteiger partial charge in [0.25, 0.3) is 5.56 Å². The Labute approximate surface area is 118 Å². The van der Waals surface area contributed by atoms with Crippen molar-refractivity contribution < 1.29 is 4.79 Å². The average Bonchev–Trinajstić information content (AvgIpc) is 2.97. The van der Waals surface area contributed by atoms with Crippen molar-refractivity contribution in [1.29, 1.82) is 0 Å². The average molecular weight is 295 g/mol. The quantitative estimate of drug-likeness (QED) is 0.784. The molecule has 1 atom stereocenters. The summed E-state index contributed by atoms with van der Waals surface area (Å²) in [5.74, 6) is 0.116. The number of nitrogens with zero attached hydrogens (tertiary/aromatic N) is 3. The van der Waals surface area contributed by atoms with Gasteiger partial charge in [-0.2, -0.15) is 0 Å². The number of aromatic nitrogens is 2. The number of fused-ring (bicyclic) bond motifs is 1. The highest BCUT2D eigenvalue weighted by atomic mass is 32.2. The van der Waals surface area contributed by atoms with E-state index in [4.69, 9.17) is 0 Å². The molecule has 3 rings (SSSR count). The molecule has 1 fully saturated rings. The van der Waals surface area contributed by atoms with Crippen molar-refractivity contribution in [3.63, 3.8) is 0 Å². The van der Waals surface area contributed by atoms with Crippen LogP contribution in [0.3, 0.4) is 0 Å². The van der Waals surface area contributed by atoms with Crippen LogP contribution in [0.25, 0.3) is 10.2 Å². The van der Waals surface area contributed by atoms with Crippen LogP contribution in [0.2, 0.25) is 0 Å². The van der Waals surface area contributed by atoms with Crippen LogP contribution < -0.4 is 5.56 Å². The Morgan fingerprint density at radius 2 is 2.21 bits per heavy atom. The van der Waals surface area contributed by atoms with Gasteiger partial charge in [0.15, 0.2) is 5.16 Å². The molecule has 3 heterocycles. The van der Waals surface area contributed by atoms with E-state index in [2.05, 4.69) is 4.98 Å². The van der Waals surface area contributed by atoms with Crippen LogP contribution in [0.5, 0.6) is 0 Å². The molecule has 0 N–H and O–H groups in total. The van der Waals surface area contributed by atoms with E-state index < -0.39 is 0 Å². The van der Waals surface area contributed by atoms with E-state index in [1.165, 1.54) is 27.7 Å². The molecule has 0 saturated carbocycles. The Hall–Kier alpha value is -1.34. The number of hydrogen-bond acceptors (Lipinski definition) is 5. The van der Waals surface area contributed by atoms with Crippen LogP contribution >= 0.6 is 23.1 Å². The number of likely N-dealkylation sites (tertiary alicyclic amines) is 1. The zero-order chi connectivity index (χ0) is 13.6. The minimum Gasteiger partial charge on any atom is -0.345 e. The normalized spacial score (nSPS) is 19.6. The lowest BCUT2D eigenvalue weighted by atomic mass is 10.4. The van der Waals surface area contributed by atoms with Crippen LogP contribution in [-0.4, -0.2) is 39.2 Å². The number of thiophene rings is 1. The van der Waals surface area contributed by atoms with Crippen molar-refractivity contribution in [2.24, 2.45) is 7.05 Å². The molecule has 0 radical (unpaired) electrons. The molecule has 7 heteroatoms. The van der Waals surface area contributed by atoms with Crippen LogP contribution in [-0.2, 0) is 11.8 Å². The largest absolute Gasteiger partial charge is 0.345 e. The fraction of sp³-hybridized carbons (Fsp3) is 0.417. The van der Waals surface area contributed by atoms with Crippen LogP contribution in [0.15, 0.2) is 21.4 Å². The van der Waals surface area contributed by atoms with Crippen molar-refractivity contribution in [3.8, 4) is 0 Å². The molecule has 0 bridgehead atoms. The third-order valence-corrected chi connectivity index (χ3v) is 5.39. The predicted octanol–water partition coefficient (Wildman–Crippen LogP) is 1.32. The lowest BCUT2D eigenvalue weighted by Gasteiger charge is -2.11. The number of carbonyl (C=O) groups is 1. The highest BCUT2D eigenvalue weighted by Crippen LogP contribution is 2.29. The first-order valence-corrected chi connectivity index (χ1v) is 7.69. The van der Waals surface area contributed by atoms with E-state index >= 15 is 0 Å². The fourth-order valence-corrected chi connectivity index (χ4v) is 4.07. The monoisotopic (exact) mass is 295 g/mol. The summed E-state index contributed by atoms with van der Waals surface area (Å²) in [6.07, 6.45) is 0.804. The maximum atomic E-state index is 12.2. The third kappa shape index (κ3) is 2.06. The third-order valence-electron chi connectivity index (χ3n) is 3.29. The number of rotatable bonds is 2. The van der Waals surface area contributed by atoms with Gasteiger partial charge >= 0.3 is 0 Å². The SMILES string of the molecule is CN1CCC(Sc2nc3sccc3c(=O)n2C)C1=O. The molecular formula is C12H13N3O2S2. The molecule has 100 valence electrons. The summed E-state index contributed by atoms with van der Waals surface area (Å²) < 4.78 is 1.53. The first-order valence-electron chi connectivity index (χ1n) is 5.94. The molecule has 2 aromatic heterocycles. The van der Waals surface area contributed by atoms with Gasteiger partial charge in [-0.3, -0.25) is 14.2 Å². The fourth-order valence-electron chi connectivity index (χ4n) is 2.11. The summed E-state index contributed by atoms with van der Waals surface area (Å²) >= 11 is 2.84. The van der Waals surface area contributed by atoms with Gasteiger partial charge in [0, 0.05) is 20.6 Å². The van der Waals surface area contributed by atoms with Gasteiger partial charge < -0.3 is 4.90 Å². The molecule has 0 aromatic carbocycles. The van der Waals surface area contributed by atoms with E-state index in [-0.39, 0.29) is 16.7 Å². The van der Waals surface area contributed by atoms with Gasteiger partial charge in [-0.15, -0.1) is 11.3 Å². The number of amides is 1. The van der Waals surface area contributed by atoms with E-state index in [0.717, 1.165) is 17.8 Å². The molecule has 1 aliphatic heterocycles. The summed E-state index contributed by atoms with van der Waals surface area (Å²) in [5, 5.41) is 3.00. The van der Waals surface area contributed by atoms with Crippen LogP contribution in [0, 0.1) is 0 Å². The van der Waals surface area contributed by atoms with Crippen LogP contribution in [0.1, 0.15) is 6.42 Å². The van der Waals surface area contributed by atoms with Crippen LogP contribution in [0.4, 0.5) is 0 Å². The summed E-state index contributed by atoms with van der Waals surface area (Å²) in [4.78, 5) is 31.0. The molecule has 2 aromatic rings. The van der Waals surface area contributed by atoms with Gasteiger partial charge in [-0.25, -0.2) is 4.98 Å². The first-order chi connectivity index (χ1) is 9.08. The molecule has 1 unspecified atom stereocenters. The lowest BCUT2D eigenvalue weighted by Crippen LogP contribution is -2.25. The molecular weight excluding hydrogens is 282 g/mol. The first kappa shape index (κ1) is 12.7. The molecule has 5 nitrogen and oxygen atoms in total. The lowest BCUT2D eigenvalue weighted by molar-refractivity contribution is -0.126. The number of carbonyl (C=O) groups excluding carboxylic acids is 1. The maximum Gasteiger partial charge on any atom is 0.262 e. The Kier molecular flexibility index (Phi) is 3.10. The summed E-state index contributed by atoms with van der Waals surface area (Å²) in [6, 6.07) is 1.79. The highest BCUT2D eigenvalue weighted by molar-refractivity contribution is 8.00. The minimum absolute atomic E-state index is 0.0486. The Balaban J connectivity index is 1.99. The molecule has 19 heavy (non-hydrogen) atoms. The van der Waals surface area contributed by atoms with Gasteiger partial charge in [0.05, 0.1) is 10.6 Å². The van der Waals surface area contributed by atoms with Crippen molar-refractivity contribution in [2.45, 2.75) is 16.8 Å².